The quantitative estimate of drug-likeness (QED) is 0.836. The standard InChI is InChI=1S/C14H22N2S/c1-11-12(2)17-10-9-16(11)8-7-13-3-5-14(15)6-4-13/h3-6,11-12H,7-10,15H2,1-2H3. The van der Waals surface area contributed by atoms with Crippen molar-refractivity contribution in [2.75, 3.05) is 24.6 Å². The Balaban J connectivity index is 1.87. The molecule has 94 valence electrons. The third-order valence-corrected chi connectivity index (χ3v) is 5.02. The van der Waals surface area contributed by atoms with E-state index in [2.05, 4.69) is 42.6 Å². The highest BCUT2D eigenvalue weighted by atomic mass is 32.2. The lowest BCUT2D eigenvalue weighted by Crippen LogP contribution is -2.45. The van der Waals surface area contributed by atoms with E-state index < -0.39 is 0 Å². The second kappa shape index (κ2) is 5.78. The molecule has 3 heteroatoms. The van der Waals surface area contributed by atoms with Crippen LogP contribution in [-0.4, -0.2) is 35.0 Å². The van der Waals surface area contributed by atoms with Gasteiger partial charge in [0.2, 0.25) is 0 Å². The van der Waals surface area contributed by atoms with Gasteiger partial charge in [0.25, 0.3) is 0 Å². The molecule has 0 spiro atoms. The van der Waals surface area contributed by atoms with Crippen molar-refractivity contribution in [3.05, 3.63) is 29.8 Å². The maximum absolute atomic E-state index is 5.69. The van der Waals surface area contributed by atoms with Crippen molar-refractivity contribution >= 4 is 17.4 Å². The van der Waals surface area contributed by atoms with E-state index in [1.165, 1.54) is 17.9 Å². The Morgan fingerprint density at radius 2 is 2.00 bits per heavy atom. The lowest BCUT2D eigenvalue weighted by atomic mass is 10.1. The molecule has 0 aromatic heterocycles. The van der Waals surface area contributed by atoms with Crippen molar-refractivity contribution < 1.29 is 0 Å². The van der Waals surface area contributed by atoms with E-state index in [4.69, 9.17) is 5.73 Å². The van der Waals surface area contributed by atoms with Crippen LogP contribution in [0.4, 0.5) is 5.69 Å². The highest BCUT2D eigenvalue weighted by Gasteiger charge is 2.24. The van der Waals surface area contributed by atoms with E-state index >= 15 is 0 Å². The Morgan fingerprint density at radius 1 is 1.29 bits per heavy atom. The minimum Gasteiger partial charge on any atom is -0.399 e. The number of hydrogen-bond donors (Lipinski definition) is 1. The normalized spacial score (nSPS) is 26.0. The van der Waals surface area contributed by atoms with Crippen LogP contribution in [0.15, 0.2) is 24.3 Å². The predicted octanol–water partition coefficient (Wildman–Crippen LogP) is 2.64. The molecular weight excluding hydrogens is 228 g/mol. The lowest BCUT2D eigenvalue weighted by Gasteiger charge is -2.37. The summed E-state index contributed by atoms with van der Waals surface area (Å²) in [6, 6.07) is 8.97. The van der Waals surface area contributed by atoms with Gasteiger partial charge in [-0.25, -0.2) is 0 Å². The summed E-state index contributed by atoms with van der Waals surface area (Å²) in [5, 5.41) is 0.759. The Labute approximate surface area is 109 Å². The molecule has 1 fully saturated rings. The van der Waals surface area contributed by atoms with Crippen LogP contribution in [0.2, 0.25) is 0 Å². The van der Waals surface area contributed by atoms with Gasteiger partial charge < -0.3 is 5.73 Å². The number of thioether (sulfide) groups is 1. The zero-order valence-corrected chi connectivity index (χ0v) is 11.5. The highest BCUT2D eigenvalue weighted by molar-refractivity contribution is 8.00. The number of hydrogen-bond acceptors (Lipinski definition) is 3. The molecule has 0 radical (unpaired) electrons. The first-order valence-corrected chi connectivity index (χ1v) is 7.42. The van der Waals surface area contributed by atoms with Gasteiger partial charge in [0.15, 0.2) is 0 Å². The second-order valence-corrected chi connectivity index (χ2v) is 6.33. The first-order chi connectivity index (χ1) is 8.16. The van der Waals surface area contributed by atoms with Gasteiger partial charge >= 0.3 is 0 Å². The lowest BCUT2D eigenvalue weighted by molar-refractivity contribution is 0.216. The average Bonchev–Trinajstić information content (AvgIpc) is 2.33. The van der Waals surface area contributed by atoms with E-state index in [9.17, 15) is 0 Å². The molecule has 1 aromatic carbocycles. The van der Waals surface area contributed by atoms with Gasteiger partial charge in [-0.3, -0.25) is 4.90 Å². The Bertz CT molecular complexity index is 350. The molecule has 2 unspecified atom stereocenters. The molecule has 1 saturated heterocycles. The van der Waals surface area contributed by atoms with Crippen LogP contribution in [0.3, 0.4) is 0 Å². The molecule has 1 aromatic rings. The number of nitrogen functional groups attached to an aromatic ring is 1. The third-order valence-electron chi connectivity index (χ3n) is 3.68. The summed E-state index contributed by atoms with van der Waals surface area (Å²) in [5.74, 6) is 1.27. The van der Waals surface area contributed by atoms with Crippen molar-refractivity contribution in [2.45, 2.75) is 31.6 Å². The van der Waals surface area contributed by atoms with Gasteiger partial charge in [0, 0.05) is 35.8 Å². The summed E-state index contributed by atoms with van der Waals surface area (Å²) < 4.78 is 0. The number of rotatable bonds is 3. The van der Waals surface area contributed by atoms with E-state index in [0.717, 1.165) is 23.9 Å². The molecule has 0 amide bonds. The van der Waals surface area contributed by atoms with Crippen molar-refractivity contribution in [1.82, 2.24) is 4.90 Å². The first-order valence-electron chi connectivity index (χ1n) is 6.37. The largest absolute Gasteiger partial charge is 0.399 e. The Kier molecular flexibility index (Phi) is 4.35. The van der Waals surface area contributed by atoms with Gasteiger partial charge in [-0.1, -0.05) is 19.1 Å². The van der Waals surface area contributed by atoms with Crippen LogP contribution in [0.25, 0.3) is 0 Å². The zero-order chi connectivity index (χ0) is 12.3. The summed E-state index contributed by atoms with van der Waals surface area (Å²) in [7, 11) is 0. The van der Waals surface area contributed by atoms with Crippen molar-refractivity contribution in [1.29, 1.82) is 0 Å². The topological polar surface area (TPSA) is 29.3 Å². The van der Waals surface area contributed by atoms with E-state index in [1.807, 2.05) is 12.1 Å². The number of nitrogens with two attached hydrogens (primary N) is 1. The molecule has 2 nitrogen and oxygen atoms in total. The van der Waals surface area contributed by atoms with Crippen LogP contribution in [0.5, 0.6) is 0 Å². The summed E-state index contributed by atoms with van der Waals surface area (Å²) in [6.45, 7) is 7.08. The van der Waals surface area contributed by atoms with E-state index in [-0.39, 0.29) is 0 Å². The van der Waals surface area contributed by atoms with Gasteiger partial charge in [-0.2, -0.15) is 11.8 Å². The average molecular weight is 250 g/mol. The minimum absolute atomic E-state index is 0.697. The first kappa shape index (κ1) is 12.8. The maximum atomic E-state index is 5.69. The monoisotopic (exact) mass is 250 g/mol. The molecule has 1 heterocycles. The minimum atomic E-state index is 0.697. The smallest absolute Gasteiger partial charge is 0.0314 e. The van der Waals surface area contributed by atoms with Gasteiger partial charge in [0.1, 0.15) is 0 Å². The molecular formula is C14H22N2S. The van der Waals surface area contributed by atoms with Crippen LogP contribution in [0.1, 0.15) is 19.4 Å². The number of nitrogens with zero attached hydrogens (tertiary/aromatic N) is 1. The molecule has 2 rings (SSSR count). The molecule has 2 N–H and O–H groups in total. The molecule has 2 atom stereocenters. The summed E-state index contributed by atoms with van der Waals surface area (Å²) in [4.78, 5) is 2.61. The van der Waals surface area contributed by atoms with Crippen LogP contribution in [-0.2, 0) is 6.42 Å². The van der Waals surface area contributed by atoms with Gasteiger partial charge in [0.05, 0.1) is 0 Å². The fourth-order valence-corrected chi connectivity index (χ4v) is 3.43. The summed E-state index contributed by atoms with van der Waals surface area (Å²) >= 11 is 2.10. The fourth-order valence-electron chi connectivity index (χ4n) is 2.27. The van der Waals surface area contributed by atoms with Crippen molar-refractivity contribution in [3.63, 3.8) is 0 Å². The molecule has 0 aliphatic carbocycles. The third kappa shape index (κ3) is 3.39. The van der Waals surface area contributed by atoms with Gasteiger partial charge in [-0.05, 0) is 31.0 Å². The van der Waals surface area contributed by atoms with E-state index in [0.29, 0.717) is 6.04 Å². The number of benzene rings is 1. The SMILES string of the molecule is CC1SCCN(CCc2ccc(N)cc2)C1C. The molecule has 0 saturated carbocycles. The molecule has 17 heavy (non-hydrogen) atoms. The van der Waals surface area contributed by atoms with Crippen LogP contribution >= 0.6 is 11.8 Å². The van der Waals surface area contributed by atoms with Crippen molar-refractivity contribution in [3.8, 4) is 0 Å². The Hall–Kier alpha value is -0.670. The fraction of sp³-hybridized carbons (Fsp3) is 0.571. The highest BCUT2D eigenvalue weighted by Crippen LogP contribution is 2.24. The molecule has 0 bridgehead atoms. The summed E-state index contributed by atoms with van der Waals surface area (Å²) in [6.07, 6.45) is 1.13. The van der Waals surface area contributed by atoms with Crippen molar-refractivity contribution in [2.24, 2.45) is 0 Å². The second-order valence-electron chi connectivity index (χ2n) is 4.84. The predicted molar refractivity (Wildman–Crippen MR) is 77.5 cm³/mol. The number of anilines is 1. The van der Waals surface area contributed by atoms with Crippen LogP contribution in [0, 0.1) is 0 Å². The zero-order valence-electron chi connectivity index (χ0n) is 10.7. The Morgan fingerprint density at radius 3 is 2.71 bits per heavy atom. The van der Waals surface area contributed by atoms with Crippen LogP contribution < -0.4 is 5.73 Å². The molecule has 1 aliphatic rings. The molecule has 1 aliphatic heterocycles. The van der Waals surface area contributed by atoms with Gasteiger partial charge in [-0.15, -0.1) is 0 Å². The maximum Gasteiger partial charge on any atom is 0.0314 e. The van der Waals surface area contributed by atoms with E-state index in [1.54, 1.807) is 0 Å². The summed E-state index contributed by atoms with van der Waals surface area (Å²) in [5.41, 5.74) is 7.93.